The van der Waals surface area contributed by atoms with Crippen molar-refractivity contribution < 1.29 is 4.79 Å². The van der Waals surface area contributed by atoms with Crippen molar-refractivity contribution in [3.63, 3.8) is 0 Å². The van der Waals surface area contributed by atoms with Crippen molar-refractivity contribution in [3.05, 3.63) is 71.8 Å². The number of nitrogens with one attached hydrogen (secondary N) is 2. The van der Waals surface area contributed by atoms with Crippen LogP contribution in [0, 0.1) is 6.92 Å². The number of amides is 1. The van der Waals surface area contributed by atoms with Gasteiger partial charge in [0.05, 0.1) is 6.04 Å². The number of nitrogens with zero attached hydrogens (tertiary/aromatic N) is 1. The standard InChI is InChI=1S/C25H29N3OS/c1-18-12-15-21(16-13-18)28-22(17-14-19-8-4-2-5-9-19)23(24(28)29)27-25(30)26-20-10-6-3-7-11-20/h2,4-5,8-9,12-17,20,22-23H,3,6-7,10-11H2,1H3,(H2,26,27,30)/b17-14+/t22-,23+/m1/s1. The van der Waals surface area contributed by atoms with E-state index in [4.69, 9.17) is 12.2 Å². The first-order valence-electron chi connectivity index (χ1n) is 10.8. The molecule has 1 saturated heterocycles. The lowest BCUT2D eigenvalue weighted by Crippen LogP contribution is -2.71. The summed E-state index contributed by atoms with van der Waals surface area (Å²) in [4.78, 5) is 14.9. The van der Waals surface area contributed by atoms with Crippen LogP contribution in [0.4, 0.5) is 5.69 Å². The predicted molar refractivity (Wildman–Crippen MR) is 127 cm³/mol. The molecule has 2 fully saturated rings. The van der Waals surface area contributed by atoms with Crippen LogP contribution in [0.25, 0.3) is 6.08 Å². The molecular formula is C25H29N3OS. The van der Waals surface area contributed by atoms with Gasteiger partial charge in [0.2, 0.25) is 0 Å². The summed E-state index contributed by atoms with van der Waals surface area (Å²) in [7, 11) is 0. The highest BCUT2D eigenvalue weighted by Gasteiger charge is 2.47. The van der Waals surface area contributed by atoms with E-state index in [0.717, 1.165) is 24.1 Å². The first-order chi connectivity index (χ1) is 14.6. The number of rotatable bonds is 5. The fourth-order valence-electron chi connectivity index (χ4n) is 4.25. The maximum Gasteiger partial charge on any atom is 0.252 e. The summed E-state index contributed by atoms with van der Waals surface area (Å²) >= 11 is 5.55. The lowest BCUT2D eigenvalue weighted by molar-refractivity contribution is -0.125. The second-order valence-electron chi connectivity index (χ2n) is 8.23. The molecule has 2 aromatic carbocycles. The number of hydrogen-bond donors (Lipinski definition) is 2. The number of anilines is 1. The van der Waals surface area contributed by atoms with E-state index in [1.165, 1.54) is 24.8 Å². The number of aryl methyl sites for hydroxylation is 1. The molecule has 2 N–H and O–H groups in total. The summed E-state index contributed by atoms with van der Waals surface area (Å²) in [6.07, 6.45) is 10.2. The Morgan fingerprint density at radius 2 is 1.70 bits per heavy atom. The predicted octanol–water partition coefficient (Wildman–Crippen LogP) is 4.59. The zero-order valence-corrected chi connectivity index (χ0v) is 18.2. The van der Waals surface area contributed by atoms with E-state index >= 15 is 0 Å². The lowest BCUT2D eigenvalue weighted by atomic mass is 9.92. The van der Waals surface area contributed by atoms with Crippen molar-refractivity contribution >= 4 is 35.0 Å². The van der Waals surface area contributed by atoms with Crippen LogP contribution in [0.5, 0.6) is 0 Å². The molecule has 1 amide bonds. The number of benzene rings is 2. The van der Waals surface area contributed by atoms with Crippen LogP contribution in [-0.2, 0) is 4.79 Å². The van der Waals surface area contributed by atoms with Crippen molar-refractivity contribution in [2.45, 2.75) is 57.2 Å². The monoisotopic (exact) mass is 419 g/mol. The van der Waals surface area contributed by atoms with Gasteiger partial charge in [0.25, 0.3) is 5.91 Å². The molecule has 1 saturated carbocycles. The Kier molecular flexibility index (Phi) is 6.48. The molecule has 4 nitrogen and oxygen atoms in total. The third-order valence-corrected chi connectivity index (χ3v) is 6.20. The van der Waals surface area contributed by atoms with Crippen LogP contribution in [0.1, 0.15) is 43.2 Å². The minimum absolute atomic E-state index is 0.0503. The number of carbonyl (C=O) groups excluding carboxylic acids is 1. The summed E-state index contributed by atoms with van der Waals surface area (Å²) < 4.78 is 0. The third kappa shape index (κ3) is 4.73. The van der Waals surface area contributed by atoms with Gasteiger partial charge in [-0.3, -0.25) is 4.79 Å². The molecular weight excluding hydrogens is 390 g/mol. The Morgan fingerprint density at radius 1 is 1.00 bits per heavy atom. The van der Waals surface area contributed by atoms with Crippen LogP contribution < -0.4 is 15.5 Å². The van der Waals surface area contributed by atoms with Gasteiger partial charge in [-0.15, -0.1) is 0 Å². The Hall–Kier alpha value is -2.66. The van der Waals surface area contributed by atoms with Gasteiger partial charge in [-0.05, 0) is 49.7 Å². The number of carbonyl (C=O) groups is 1. The Bertz CT molecular complexity index is 904. The van der Waals surface area contributed by atoms with Crippen LogP contribution in [0.2, 0.25) is 0 Å². The second kappa shape index (κ2) is 9.43. The van der Waals surface area contributed by atoms with Crippen LogP contribution in [0.15, 0.2) is 60.7 Å². The van der Waals surface area contributed by atoms with Gasteiger partial charge in [0.1, 0.15) is 6.04 Å². The first-order valence-corrected chi connectivity index (χ1v) is 11.2. The Balaban J connectivity index is 1.49. The van der Waals surface area contributed by atoms with E-state index in [1.807, 2.05) is 54.3 Å². The molecule has 0 aromatic heterocycles. The SMILES string of the molecule is Cc1ccc(N2C(=O)[C@@H](NC(=S)NC3CCCCC3)[C@H]2/C=C/c2ccccc2)cc1. The maximum atomic E-state index is 13.0. The minimum atomic E-state index is -0.352. The molecule has 5 heteroatoms. The summed E-state index contributed by atoms with van der Waals surface area (Å²) in [6.45, 7) is 2.05. The van der Waals surface area contributed by atoms with E-state index in [9.17, 15) is 4.79 Å². The van der Waals surface area contributed by atoms with Gasteiger partial charge in [-0.25, -0.2) is 0 Å². The first kappa shape index (κ1) is 20.6. The maximum absolute atomic E-state index is 13.0. The van der Waals surface area contributed by atoms with Gasteiger partial charge in [0.15, 0.2) is 5.11 Å². The van der Waals surface area contributed by atoms with Crippen molar-refractivity contribution in [2.75, 3.05) is 4.90 Å². The van der Waals surface area contributed by atoms with Crippen molar-refractivity contribution in [3.8, 4) is 0 Å². The van der Waals surface area contributed by atoms with E-state index < -0.39 is 0 Å². The third-order valence-electron chi connectivity index (χ3n) is 5.97. The second-order valence-corrected chi connectivity index (χ2v) is 8.64. The van der Waals surface area contributed by atoms with Gasteiger partial charge in [-0.2, -0.15) is 0 Å². The van der Waals surface area contributed by atoms with Gasteiger partial charge >= 0.3 is 0 Å². The summed E-state index contributed by atoms with van der Waals surface area (Å²) in [5, 5.41) is 7.29. The zero-order chi connectivity index (χ0) is 20.9. The average molecular weight is 420 g/mol. The fraction of sp³-hybridized carbons (Fsp3) is 0.360. The van der Waals surface area contributed by atoms with Crippen LogP contribution in [0.3, 0.4) is 0 Å². The van der Waals surface area contributed by atoms with Gasteiger partial charge in [-0.1, -0.05) is 79.4 Å². The molecule has 2 aliphatic rings. The zero-order valence-electron chi connectivity index (χ0n) is 17.4. The molecule has 1 aliphatic carbocycles. The van der Waals surface area contributed by atoms with Crippen LogP contribution in [-0.4, -0.2) is 29.1 Å². The molecule has 2 aromatic rings. The fourth-order valence-corrected chi connectivity index (χ4v) is 4.54. The molecule has 0 bridgehead atoms. The van der Waals surface area contributed by atoms with Crippen molar-refractivity contribution in [1.82, 2.24) is 10.6 Å². The summed E-state index contributed by atoms with van der Waals surface area (Å²) in [6, 6.07) is 18.2. The van der Waals surface area contributed by atoms with Crippen molar-refractivity contribution in [1.29, 1.82) is 0 Å². The highest BCUT2D eigenvalue weighted by molar-refractivity contribution is 7.80. The molecule has 0 unspecified atom stereocenters. The molecule has 30 heavy (non-hydrogen) atoms. The summed E-state index contributed by atoms with van der Waals surface area (Å²) in [5.41, 5.74) is 3.20. The molecule has 4 rings (SSSR count). The van der Waals surface area contributed by atoms with Gasteiger partial charge in [0, 0.05) is 11.7 Å². The molecule has 1 heterocycles. The average Bonchev–Trinajstić information content (AvgIpc) is 2.77. The van der Waals surface area contributed by atoms with E-state index in [0.29, 0.717) is 11.2 Å². The van der Waals surface area contributed by atoms with E-state index in [1.54, 1.807) is 0 Å². The number of thiocarbonyl (C=S) groups is 1. The van der Waals surface area contributed by atoms with E-state index in [2.05, 4.69) is 34.9 Å². The lowest BCUT2D eigenvalue weighted by Gasteiger charge is -2.46. The van der Waals surface area contributed by atoms with Crippen LogP contribution >= 0.6 is 12.2 Å². The van der Waals surface area contributed by atoms with Crippen molar-refractivity contribution in [2.24, 2.45) is 0 Å². The number of hydrogen-bond acceptors (Lipinski definition) is 2. The van der Waals surface area contributed by atoms with Gasteiger partial charge < -0.3 is 15.5 Å². The molecule has 2 atom stereocenters. The largest absolute Gasteiger partial charge is 0.360 e. The Labute approximate surface area is 184 Å². The minimum Gasteiger partial charge on any atom is -0.360 e. The Morgan fingerprint density at radius 3 is 2.40 bits per heavy atom. The smallest absolute Gasteiger partial charge is 0.252 e. The number of β-lactam (4-membered cyclic amide) rings is 1. The highest BCUT2D eigenvalue weighted by atomic mass is 32.1. The summed E-state index contributed by atoms with van der Waals surface area (Å²) in [5.74, 6) is 0.0503. The molecule has 0 spiro atoms. The molecule has 0 radical (unpaired) electrons. The normalized spacial score (nSPS) is 22.0. The van der Waals surface area contributed by atoms with E-state index in [-0.39, 0.29) is 18.0 Å². The molecule has 156 valence electrons. The topological polar surface area (TPSA) is 44.4 Å². The highest BCUT2D eigenvalue weighted by Crippen LogP contribution is 2.30. The molecule has 1 aliphatic heterocycles. The quantitative estimate of drug-likeness (QED) is 0.550.